The Kier molecular flexibility index (Phi) is 5.99. The van der Waals surface area contributed by atoms with E-state index in [1.165, 1.54) is 0 Å². The summed E-state index contributed by atoms with van der Waals surface area (Å²) in [6.45, 7) is 12.2. The molecule has 0 fully saturated rings. The third-order valence-electron chi connectivity index (χ3n) is 5.70. The van der Waals surface area contributed by atoms with Gasteiger partial charge in [0.1, 0.15) is 10.6 Å². The van der Waals surface area contributed by atoms with Gasteiger partial charge in [0, 0.05) is 27.1 Å². The van der Waals surface area contributed by atoms with E-state index in [4.69, 9.17) is 26.1 Å². The van der Waals surface area contributed by atoms with Crippen molar-refractivity contribution < 1.29 is 19.4 Å². The van der Waals surface area contributed by atoms with Crippen molar-refractivity contribution in [3.05, 3.63) is 44.4 Å². The van der Waals surface area contributed by atoms with E-state index in [1.807, 2.05) is 40.7 Å². The number of benzene rings is 1. The molecule has 170 valence electrons. The van der Waals surface area contributed by atoms with Crippen LogP contribution in [-0.2, 0) is 16.0 Å². The van der Waals surface area contributed by atoms with Crippen molar-refractivity contribution in [2.24, 2.45) is 0 Å². The third kappa shape index (κ3) is 4.12. The fraction of sp³-hybridized carbons (Fsp3) is 0.440. The van der Waals surface area contributed by atoms with Crippen molar-refractivity contribution in [1.29, 1.82) is 0 Å². The van der Waals surface area contributed by atoms with Crippen LogP contribution in [0.4, 0.5) is 0 Å². The van der Waals surface area contributed by atoms with Gasteiger partial charge < -0.3 is 14.6 Å². The van der Waals surface area contributed by atoms with E-state index in [2.05, 4.69) is 13.0 Å². The number of carboxylic acids is 1. The minimum Gasteiger partial charge on any atom is -0.492 e. The molecule has 5 nitrogen and oxygen atoms in total. The Balaban J connectivity index is 2.10. The average molecular weight is 474 g/mol. The van der Waals surface area contributed by atoms with Gasteiger partial charge in [-0.25, -0.2) is 9.78 Å². The Labute approximate surface area is 197 Å². The number of pyridine rings is 1. The van der Waals surface area contributed by atoms with Gasteiger partial charge in [0.15, 0.2) is 6.10 Å². The van der Waals surface area contributed by atoms with Crippen molar-refractivity contribution in [2.45, 2.75) is 66.1 Å². The minimum atomic E-state index is -1.16. The van der Waals surface area contributed by atoms with Crippen LogP contribution in [0.15, 0.2) is 12.1 Å². The fourth-order valence-corrected chi connectivity index (χ4v) is 5.63. The molecular formula is C25H28ClNO4S. The standard InChI is InChI=1S/C25H28ClNO4S/c1-12-10-17-20(16-11-18(26)21-15(13(16)2)8-7-9-30-21)19(14(3)27-23(17)32-12)22(24(28)29)31-25(4,5)6/h10-11,22H,7-9H2,1-6H3,(H,28,29)/t22-/m0/s1. The molecule has 0 spiro atoms. The van der Waals surface area contributed by atoms with Crippen LogP contribution < -0.4 is 4.74 Å². The van der Waals surface area contributed by atoms with Gasteiger partial charge >= 0.3 is 5.97 Å². The summed E-state index contributed by atoms with van der Waals surface area (Å²) in [7, 11) is 0. The van der Waals surface area contributed by atoms with Crippen molar-refractivity contribution >= 4 is 39.1 Å². The number of aliphatic carboxylic acids is 1. The first-order valence-corrected chi connectivity index (χ1v) is 11.9. The number of carbonyl (C=O) groups is 1. The minimum absolute atomic E-state index is 0.546. The number of ether oxygens (including phenoxy) is 2. The number of aromatic nitrogens is 1. The van der Waals surface area contributed by atoms with Crippen LogP contribution in [0.3, 0.4) is 0 Å². The number of fused-ring (bicyclic) bond motifs is 2. The summed E-state index contributed by atoms with van der Waals surface area (Å²) in [6, 6.07) is 3.98. The highest BCUT2D eigenvalue weighted by molar-refractivity contribution is 7.18. The van der Waals surface area contributed by atoms with E-state index >= 15 is 0 Å². The smallest absolute Gasteiger partial charge is 0.337 e. The molecular weight excluding hydrogens is 446 g/mol. The summed E-state index contributed by atoms with van der Waals surface area (Å²) >= 11 is 8.28. The van der Waals surface area contributed by atoms with Crippen molar-refractivity contribution in [3.8, 4) is 16.9 Å². The van der Waals surface area contributed by atoms with E-state index in [-0.39, 0.29) is 0 Å². The summed E-state index contributed by atoms with van der Waals surface area (Å²) in [4.78, 5) is 19.2. The molecule has 3 heterocycles. The van der Waals surface area contributed by atoms with Crippen LogP contribution >= 0.6 is 22.9 Å². The van der Waals surface area contributed by atoms with Gasteiger partial charge in [-0.05, 0) is 83.2 Å². The lowest BCUT2D eigenvalue weighted by molar-refractivity contribution is -0.160. The van der Waals surface area contributed by atoms with Crippen LogP contribution in [0.25, 0.3) is 21.3 Å². The van der Waals surface area contributed by atoms with Crippen LogP contribution in [0.1, 0.15) is 60.6 Å². The lowest BCUT2D eigenvalue weighted by atomic mass is 9.87. The fourth-order valence-electron chi connectivity index (χ4n) is 4.42. The monoisotopic (exact) mass is 473 g/mol. The molecule has 0 aliphatic carbocycles. The third-order valence-corrected chi connectivity index (χ3v) is 6.92. The van der Waals surface area contributed by atoms with Crippen LogP contribution in [0.5, 0.6) is 5.75 Å². The van der Waals surface area contributed by atoms with Gasteiger partial charge in [-0.15, -0.1) is 11.3 Å². The first kappa shape index (κ1) is 23.0. The molecule has 0 bridgehead atoms. The first-order valence-electron chi connectivity index (χ1n) is 10.7. The molecule has 0 amide bonds. The van der Waals surface area contributed by atoms with Crippen LogP contribution in [0.2, 0.25) is 5.02 Å². The number of hydrogen-bond donors (Lipinski definition) is 1. The van der Waals surface area contributed by atoms with Gasteiger partial charge in [-0.1, -0.05) is 11.6 Å². The Morgan fingerprint density at radius 2 is 2.00 bits per heavy atom. The maximum absolute atomic E-state index is 12.4. The van der Waals surface area contributed by atoms with Gasteiger partial charge in [0.25, 0.3) is 0 Å². The van der Waals surface area contributed by atoms with E-state index in [0.717, 1.165) is 55.9 Å². The highest BCUT2D eigenvalue weighted by Crippen LogP contribution is 2.46. The first-order chi connectivity index (χ1) is 15.0. The average Bonchev–Trinajstić information content (AvgIpc) is 3.07. The molecule has 3 aromatic rings. The summed E-state index contributed by atoms with van der Waals surface area (Å²) in [5, 5.41) is 11.7. The van der Waals surface area contributed by atoms with Gasteiger partial charge in [0.2, 0.25) is 0 Å². The second-order valence-electron chi connectivity index (χ2n) is 9.30. The molecule has 0 radical (unpaired) electrons. The molecule has 1 aliphatic rings. The molecule has 0 saturated heterocycles. The van der Waals surface area contributed by atoms with Crippen molar-refractivity contribution in [1.82, 2.24) is 4.98 Å². The van der Waals surface area contributed by atoms with Gasteiger partial charge in [0.05, 0.1) is 17.2 Å². The van der Waals surface area contributed by atoms with E-state index in [9.17, 15) is 9.90 Å². The molecule has 0 saturated carbocycles. The highest BCUT2D eigenvalue weighted by Gasteiger charge is 2.33. The van der Waals surface area contributed by atoms with E-state index in [0.29, 0.717) is 22.9 Å². The summed E-state index contributed by atoms with van der Waals surface area (Å²) in [5.41, 5.74) is 4.46. The zero-order valence-corrected chi connectivity index (χ0v) is 20.8. The molecule has 2 aromatic heterocycles. The van der Waals surface area contributed by atoms with Gasteiger partial charge in [-0.3, -0.25) is 0 Å². The molecule has 4 rings (SSSR count). The molecule has 1 aromatic carbocycles. The Morgan fingerprint density at radius 1 is 1.28 bits per heavy atom. The normalized spacial score (nSPS) is 14.8. The molecule has 1 aliphatic heterocycles. The Hall–Kier alpha value is -2.15. The summed E-state index contributed by atoms with van der Waals surface area (Å²) in [5.74, 6) is -0.299. The van der Waals surface area contributed by atoms with Gasteiger partial charge in [-0.2, -0.15) is 0 Å². The molecule has 0 unspecified atom stereocenters. The Bertz CT molecular complexity index is 1230. The lowest BCUT2D eigenvalue weighted by Crippen LogP contribution is -2.28. The molecule has 1 atom stereocenters. The topological polar surface area (TPSA) is 68.7 Å². The predicted molar refractivity (Wildman–Crippen MR) is 129 cm³/mol. The highest BCUT2D eigenvalue weighted by atomic mass is 35.5. The number of nitrogens with zero attached hydrogens (tertiary/aromatic N) is 1. The maximum Gasteiger partial charge on any atom is 0.337 e. The second-order valence-corrected chi connectivity index (χ2v) is 10.9. The zero-order chi connectivity index (χ0) is 23.4. The summed E-state index contributed by atoms with van der Waals surface area (Å²) < 4.78 is 11.9. The number of aryl methyl sites for hydroxylation is 2. The lowest BCUT2D eigenvalue weighted by Gasteiger charge is -2.29. The molecule has 7 heteroatoms. The maximum atomic E-state index is 12.4. The van der Waals surface area contributed by atoms with E-state index < -0.39 is 17.7 Å². The largest absolute Gasteiger partial charge is 0.492 e. The zero-order valence-electron chi connectivity index (χ0n) is 19.3. The molecule has 1 N–H and O–H groups in total. The SMILES string of the molecule is Cc1cc2c(-c3cc(Cl)c4c(c3C)CCCO4)c([C@H](OC(C)(C)C)C(=O)O)c(C)nc2s1. The molecule has 32 heavy (non-hydrogen) atoms. The number of halogens is 1. The number of hydrogen-bond acceptors (Lipinski definition) is 5. The van der Waals surface area contributed by atoms with Crippen LogP contribution in [-0.4, -0.2) is 28.3 Å². The van der Waals surface area contributed by atoms with E-state index in [1.54, 1.807) is 11.3 Å². The second kappa shape index (κ2) is 8.32. The summed E-state index contributed by atoms with van der Waals surface area (Å²) in [6.07, 6.45) is 0.640. The predicted octanol–water partition coefficient (Wildman–Crippen LogP) is 6.81. The quantitative estimate of drug-likeness (QED) is 0.450. The number of rotatable bonds is 4. The van der Waals surface area contributed by atoms with Crippen LogP contribution in [0, 0.1) is 20.8 Å². The number of thiophene rings is 1. The Morgan fingerprint density at radius 3 is 2.66 bits per heavy atom. The number of carboxylic acid groups (broad SMARTS) is 1. The van der Waals surface area contributed by atoms with Crippen molar-refractivity contribution in [3.63, 3.8) is 0 Å². The van der Waals surface area contributed by atoms with Crippen molar-refractivity contribution in [2.75, 3.05) is 6.61 Å².